The second-order valence-electron chi connectivity index (χ2n) is 28.5. The topological polar surface area (TPSA) is 307 Å². The average Bonchev–Trinajstić information content (AvgIpc) is 0.782. The normalized spacial score (nSPS) is 26.9. The molecule has 0 bridgehead atoms. The Labute approximate surface area is 598 Å². The van der Waals surface area contributed by atoms with Crippen LogP contribution in [0.4, 0.5) is 0 Å². The Morgan fingerprint density at radius 1 is 0.374 bits per heavy atom. The van der Waals surface area contributed by atoms with Gasteiger partial charge in [-0.25, -0.2) is 0 Å². The number of hydrogen-bond donors (Lipinski definition) is 12. The Hall–Kier alpha value is -2.51. The molecule has 17 atom stereocenters. The molecule has 0 spiro atoms. The molecular formula is C80H145NO18. The molecule has 12 N–H and O–H groups in total. The van der Waals surface area contributed by atoms with Crippen LogP contribution < -0.4 is 5.32 Å². The summed E-state index contributed by atoms with van der Waals surface area (Å²) in [5, 5.41) is 121. The van der Waals surface area contributed by atoms with E-state index in [2.05, 4.69) is 67.8 Å². The molecule has 3 fully saturated rings. The Bertz CT molecular complexity index is 2020. The molecule has 0 aliphatic carbocycles. The number of amides is 1. The standard InChI is InChI=1S/C80H145NO18/c1-3-5-7-9-11-13-15-17-19-21-23-25-27-28-29-30-31-32-33-34-36-37-39-41-43-45-47-49-51-53-55-57-64(85)63(81-68(86)58-56-54-52-50-48-46-44-42-40-38-35-26-24-22-20-18-16-14-12-10-8-6-4-2)62-94-78-74(92)71(89)76(66(60-83)96-78)99-80-75(93)72(90)77(67(61-84)97-80)98-79-73(91)70(88)69(87)65(59-82)95-79/h6,8,12,14,18,20,24,26,55,57,63-67,69-80,82-85,87-93H,3-5,7,9-11,13,15-17,19,21-23,25,27-54,56,58-62H2,1-2H3,(H,81,86)/b8-6-,14-12-,20-18-,26-24-,57-55+. The van der Waals surface area contributed by atoms with Crippen LogP contribution in [0, 0.1) is 0 Å². The maximum atomic E-state index is 13.5. The average molecular weight is 1410 g/mol. The summed E-state index contributed by atoms with van der Waals surface area (Å²) in [6, 6.07) is -0.980. The molecule has 19 nitrogen and oxygen atoms in total. The summed E-state index contributed by atoms with van der Waals surface area (Å²) < 4.78 is 34.4. The fraction of sp³-hybridized carbons (Fsp3) is 0.863. The number of carbonyl (C=O) groups is 1. The van der Waals surface area contributed by atoms with E-state index < -0.39 is 124 Å². The van der Waals surface area contributed by atoms with Crippen LogP contribution in [-0.4, -0.2) is 193 Å². The van der Waals surface area contributed by atoms with Gasteiger partial charge in [0.15, 0.2) is 18.9 Å². The van der Waals surface area contributed by atoms with Crippen molar-refractivity contribution in [3.63, 3.8) is 0 Å². The molecular weight excluding hydrogens is 1260 g/mol. The Kier molecular flexibility index (Phi) is 55.6. The molecule has 3 aliphatic rings. The van der Waals surface area contributed by atoms with Gasteiger partial charge in [-0.3, -0.25) is 4.79 Å². The van der Waals surface area contributed by atoms with Crippen LogP contribution in [0.25, 0.3) is 0 Å². The summed E-state index contributed by atoms with van der Waals surface area (Å²) in [6.07, 6.45) is 50.6. The maximum absolute atomic E-state index is 13.5. The first-order valence-electron chi connectivity index (χ1n) is 40.0. The number of aliphatic hydroxyl groups is 11. The largest absolute Gasteiger partial charge is 0.394 e. The Balaban J connectivity index is 1.38. The zero-order valence-corrected chi connectivity index (χ0v) is 61.7. The number of unbranched alkanes of at least 4 members (excludes halogenated alkanes) is 39. The van der Waals surface area contributed by atoms with Crippen molar-refractivity contribution in [2.24, 2.45) is 0 Å². The van der Waals surface area contributed by atoms with Crippen molar-refractivity contribution in [3.8, 4) is 0 Å². The minimum absolute atomic E-state index is 0.236. The van der Waals surface area contributed by atoms with Crippen LogP contribution in [0.1, 0.15) is 309 Å². The van der Waals surface area contributed by atoms with Gasteiger partial charge in [-0.2, -0.15) is 0 Å². The summed E-state index contributed by atoms with van der Waals surface area (Å²) >= 11 is 0. The van der Waals surface area contributed by atoms with E-state index >= 15 is 0 Å². The highest BCUT2D eigenvalue weighted by Gasteiger charge is 2.54. The van der Waals surface area contributed by atoms with Crippen molar-refractivity contribution in [1.29, 1.82) is 0 Å². The third kappa shape index (κ3) is 41.1. The Morgan fingerprint density at radius 3 is 1.09 bits per heavy atom. The zero-order valence-electron chi connectivity index (χ0n) is 61.7. The highest BCUT2D eigenvalue weighted by Crippen LogP contribution is 2.33. The summed E-state index contributed by atoms with van der Waals surface area (Å²) in [6.45, 7) is 1.66. The number of hydrogen-bond acceptors (Lipinski definition) is 18. The van der Waals surface area contributed by atoms with Crippen LogP contribution in [0.5, 0.6) is 0 Å². The highest BCUT2D eigenvalue weighted by molar-refractivity contribution is 5.76. The van der Waals surface area contributed by atoms with Crippen molar-refractivity contribution in [3.05, 3.63) is 60.8 Å². The van der Waals surface area contributed by atoms with E-state index in [4.69, 9.17) is 28.4 Å². The van der Waals surface area contributed by atoms with Gasteiger partial charge in [-0.1, -0.05) is 306 Å². The predicted octanol–water partition coefficient (Wildman–Crippen LogP) is 13.1. The summed E-state index contributed by atoms with van der Waals surface area (Å²) in [7, 11) is 0. The van der Waals surface area contributed by atoms with E-state index in [9.17, 15) is 61.0 Å². The molecule has 19 heteroatoms. The third-order valence-corrected chi connectivity index (χ3v) is 19.8. The molecule has 3 rings (SSSR count). The SMILES string of the molecule is CC/C=C\C/C=C\C/C=C\C/C=C\CCCCCCCCCCCCC(=O)NC(COC1OC(CO)C(OC2OC(CO)C(OC3OC(CO)C(O)C(O)C3O)C(O)C2O)C(O)C1O)C(O)/C=C/CCCCCCCCCCCCCCCCCCCCCCCCCCCCCCC. The first-order chi connectivity index (χ1) is 48.3. The monoisotopic (exact) mass is 1410 g/mol. The molecule has 0 aromatic heterocycles. The number of carbonyl (C=O) groups excluding carboxylic acids is 1. The number of ether oxygens (including phenoxy) is 6. The molecule has 0 aromatic rings. The fourth-order valence-corrected chi connectivity index (χ4v) is 13.4. The van der Waals surface area contributed by atoms with E-state index in [0.29, 0.717) is 6.42 Å². The van der Waals surface area contributed by atoms with Crippen LogP contribution in [0.15, 0.2) is 60.8 Å². The van der Waals surface area contributed by atoms with Crippen LogP contribution in [0.2, 0.25) is 0 Å². The van der Waals surface area contributed by atoms with Gasteiger partial charge in [-0.05, 0) is 57.8 Å². The second-order valence-corrected chi connectivity index (χ2v) is 28.5. The molecule has 0 saturated carbocycles. The smallest absolute Gasteiger partial charge is 0.220 e. The van der Waals surface area contributed by atoms with E-state index in [0.717, 1.165) is 83.5 Å². The lowest BCUT2D eigenvalue weighted by Crippen LogP contribution is -2.66. The lowest BCUT2D eigenvalue weighted by Gasteiger charge is -2.48. The minimum atomic E-state index is -1.98. The fourth-order valence-electron chi connectivity index (χ4n) is 13.4. The molecule has 3 aliphatic heterocycles. The van der Waals surface area contributed by atoms with Crippen LogP contribution >= 0.6 is 0 Å². The van der Waals surface area contributed by atoms with Crippen molar-refractivity contribution < 1.29 is 89.4 Å². The second kappa shape index (κ2) is 60.7. The molecule has 17 unspecified atom stereocenters. The van der Waals surface area contributed by atoms with Crippen molar-refractivity contribution in [2.45, 2.75) is 413 Å². The van der Waals surface area contributed by atoms with E-state index in [-0.39, 0.29) is 18.9 Å². The number of nitrogens with one attached hydrogen (secondary N) is 1. The van der Waals surface area contributed by atoms with Crippen molar-refractivity contribution in [2.75, 3.05) is 26.4 Å². The lowest BCUT2D eigenvalue weighted by molar-refractivity contribution is -0.379. The third-order valence-electron chi connectivity index (χ3n) is 19.8. The summed E-state index contributed by atoms with van der Waals surface area (Å²) in [4.78, 5) is 13.5. The molecule has 0 radical (unpaired) electrons. The van der Waals surface area contributed by atoms with E-state index in [1.807, 2.05) is 6.08 Å². The maximum Gasteiger partial charge on any atom is 0.220 e. The first kappa shape index (κ1) is 90.7. The molecule has 99 heavy (non-hydrogen) atoms. The van der Waals surface area contributed by atoms with Gasteiger partial charge < -0.3 is 89.9 Å². The molecule has 1 amide bonds. The van der Waals surface area contributed by atoms with Crippen molar-refractivity contribution >= 4 is 5.91 Å². The van der Waals surface area contributed by atoms with Gasteiger partial charge in [0.25, 0.3) is 0 Å². The minimum Gasteiger partial charge on any atom is -0.394 e. The van der Waals surface area contributed by atoms with Gasteiger partial charge in [0.05, 0.1) is 38.6 Å². The quantitative estimate of drug-likeness (QED) is 0.0199. The van der Waals surface area contributed by atoms with Gasteiger partial charge in [0.2, 0.25) is 5.91 Å². The molecule has 3 saturated heterocycles. The molecule has 0 aromatic carbocycles. The number of aliphatic hydroxyl groups excluding tert-OH is 11. The van der Waals surface area contributed by atoms with Crippen molar-refractivity contribution in [1.82, 2.24) is 5.32 Å². The first-order valence-corrected chi connectivity index (χ1v) is 40.0. The van der Waals surface area contributed by atoms with Gasteiger partial charge in [-0.15, -0.1) is 0 Å². The van der Waals surface area contributed by atoms with Gasteiger partial charge in [0, 0.05) is 6.42 Å². The summed E-state index contributed by atoms with van der Waals surface area (Å²) in [5.74, 6) is -0.278. The molecule has 578 valence electrons. The summed E-state index contributed by atoms with van der Waals surface area (Å²) in [5.41, 5.74) is 0. The highest BCUT2D eigenvalue weighted by atomic mass is 16.8. The van der Waals surface area contributed by atoms with Crippen LogP contribution in [0.3, 0.4) is 0 Å². The van der Waals surface area contributed by atoms with E-state index in [1.54, 1.807) is 6.08 Å². The van der Waals surface area contributed by atoms with E-state index in [1.165, 1.54) is 199 Å². The van der Waals surface area contributed by atoms with Gasteiger partial charge >= 0.3 is 0 Å². The lowest BCUT2D eigenvalue weighted by atomic mass is 9.96. The van der Waals surface area contributed by atoms with Crippen LogP contribution in [-0.2, 0) is 33.2 Å². The molecule has 3 heterocycles. The number of allylic oxidation sites excluding steroid dienone is 9. The predicted molar refractivity (Wildman–Crippen MR) is 392 cm³/mol. The zero-order chi connectivity index (χ0) is 71.8. The number of rotatable bonds is 63. The Morgan fingerprint density at radius 2 is 0.697 bits per heavy atom. The van der Waals surface area contributed by atoms with Gasteiger partial charge in [0.1, 0.15) is 73.2 Å².